The van der Waals surface area contributed by atoms with Crippen LogP contribution in [0.5, 0.6) is 11.5 Å². The van der Waals surface area contributed by atoms with Gasteiger partial charge in [-0.05, 0) is 76.2 Å². The van der Waals surface area contributed by atoms with Crippen LogP contribution in [0.15, 0.2) is 36.4 Å². The zero-order valence-corrected chi connectivity index (χ0v) is 23.5. The Hall–Kier alpha value is -3.42. The molecular weight excluding hydrogens is 522 g/mol. The summed E-state index contributed by atoms with van der Waals surface area (Å²) >= 11 is 0. The van der Waals surface area contributed by atoms with E-state index in [1.807, 2.05) is 19.9 Å². The summed E-state index contributed by atoms with van der Waals surface area (Å²) in [7, 11) is -2.02. The van der Waals surface area contributed by atoms with Crippen molar-refractivity contribution >= 4 is 31.8 Å². The number of phenolic OH excluding ortho intramolecular Hbond substituents is 2. The van der Waals surface area contributed by atoms with Crippen molar-refractivity contribution in [2.24, 2.45) is 0 Å². The highest BCUT2D eigenvalue weighted by Crippen LogP contribution is 2.29. The molecule has 0 spiro atoms. The zero-order valence-electron chi connectivity index (χ0n) is 23.5. The van der Waals surface area contributed by atoms with E-state index in [0.717, 1.165) is 17.2 Å². The largest absolute Gasteiger partial charge is 0.504 e. The number of aliphatic hydroxyl groups is 1. The number of aliphatic hydroxyl groups excluding tert-OH is 1. The number of ketones is 1. The van der Waals surface area contributed by atoms with Gasteiger partial charge in [-0.15, -0.1) is 0 Å². The molecule has 0 fully saturated rings. The molecule has 2 rings (SSSR count). The molecule has 0 bridgehead atoms. The highest BCUT2D eigenvalue weighted by atomic mass is 16.5. The van der Waals surface area contributed by atoms with Crippen LogP contribution >= 0.6 is 0 Å². The van der Waals surface area contributed by atoms with E-state index in [2.05, 4.69) is 10.5 Å². The standard InChI is InChI=1S/C14H20BNO4.C12H18BNO6/c1-5-20-14(18)12(16-15(4)19)13(17)11-7-6-9(2)10(3)8-11;1-3-20-12(18)10(14-13(2)19)11(17)7-4-5-8(15)9(16)6-7/h6-8,12,16,19H,5H2,1-4H3;4-6,10-11,14-17,19H,3H2,1-2H3/t12-;10-,11+/m00/s1. The molecule has 40 heavy (non-hydrogen) atoms. The van der Waals surface area contributed by atoms with Crippen LogP contribution in [-0.4, -0.2) is 82.5 Å². The van der Waals surface area contributed by atoms with Crippen molar-refractivity contribution in [3.05, 3.63) is 58.7 Å². The normalized spacial score (nSPS) is 12.7. The number of Topliss-reactive ketones (excluding diaryl/α,β-unsaturated/α-hetero) is 1. The molecule has 0 aromatic heterocycles. The van der Waals surface area contributed by atoms with E-state index < -0.39 is 55.8 Å². The maximum atomic E-state index is 12.4. The van der Waals surface area contributed by atoms with E-state index in [9.17, 15) is 39.8 Å². The predicted octanol–water partition coefficient (Wildman–Crippen LogP) is 0.881. The monoisotopic (exact) mass is 560 g/mol. The Bertz CT molecular complexity index is 1150. The Kier molecular flexibility index (Phi) is 14.4. The van der Waals surface area contributed by atoms with Gasteiger partial charge in [0, 0.05) is 5.56 Å². The molecule has 3 atom stereocenters. The average Bonchev–Trinajstić information content (AvgIpc) is 2.88. The molecule has 0 radical (unpaired) electrons. The molecule has 0 aliphatic rings. The Morgan fingerprint density at radius 3 is 1.90 bits per heavy atom. The van der Waals surface area contributed by atoms with Gasteiger partial charge in [0.15, 0.2) is 23.3 Å². The fourth-order valence-electron chi connectivity index (χ4n) is 3.48. The van der Waals surface area contributed by atoms with Crippen LogP contribution in [0.3, 0.4) is 0 Å². The third kappa shape index (κ3) is 10.6. The molecule has 14 heteroatoms. The lowest BCUT2D eigenvalue weighted by molar-refractivity contribution is -0.148. The summed E-state index contributed by atoms with van der Waals surface area (Å²) in [6, 6.07) is 6.52. The highest BCUT2D eigenvalue weighted by molar-refractivity contribution is 6.47. The van der Waals surface area contributed by atoms with Gasteiger partial charge in [0.2, 0.25) is 0 Å². The number of hydrogen-bond donors (Lipinski definition) is 7. The summed E-state index contributed by atoms with van der Waals surface area (Å²) < 4.78 is 9.69. The van der Waals surface area contributed by atoms with Crippen molar-refractivity contribution in [3.63, 3.8) is 0 Å². The van der Waals surface area contributed by atoms with Crippen molar-refractivity contribution in [1.82, 2.24) is 10.5 Å². The minimum absolute atomic E-state index is 0.129. The molecule has 0 heterocycles. The molecule has 0 amide bonds. The number of nitrogens with one attached hydrogen (secondary N) is 2. The first-order chi connectivity index (χ1) is 18.7. The minimum atomic E-state index is -1.35. The van der Waals surface area contributed by atoms with Gasteiger partial charge < -0.3 is 45.3 Å². The molecular formula is C26H38B2N2O10. The molecule has 0 saturated carbocycles. The number of aromatic hydroxyl groups is 2. The van der Waals surface area contributed by atoms with Gasteiger partial charge in [-0.25, -0.2) is 4.79 Å². The number of hydrogen-bond acceptors (Lipinski definition) is 12. The van der Waals surface area contributed by atoms with Gasteiger partial charge in [0.1, 0.15) is 12.1 Å². The van der Waals surface area contributed by atoms with Gasteiger partial charge in [0.25, 0.3) is 0 Å². The fraction of sp³-hybridized carbons (Fsp3) is 0.423. The van der Waals surface area contributed by atoms with Crippen LogP contribution in [-0.2, 0) is 19.1 Å². The van der Waals surface area contributed by atoms with Crippen molar-refractivity contribution in [2.75, 3.05) is 13.2 Å². The maximum Gasteiger partial charge on any atom is 0.374 e. The van der Waals surface area contributed by atoms with Gasteiger partial charge in [-0.1, -0.05) is 18.2 Å². The van der Waals surface area contributed by atoms with Crippen molar-refractivity contribution in [3.8, 4) is 11.5 Å². The Morgan fingerprint density at radius 2 is 1.40 bits per heavy atom. The Labute approximate surface area is 234 Å². The average molecular weight is 560 g/mol. The second-order valence-electron chi connectivity index (χ2n) is 8.96. The van der Waals surface area contributed by atoms with E-state index in [1.54, 1.807) is 26.0 Å². The summed E-state index contributed by atoms with van der Waals surface area (Å²) in [6.45, 7) is 10.3. The topological polar surface area (TPSA) is 195 Å². The quantitative estimate of drug-likeness (QED) is 0.0638. The van der Waals surface area contributed by atoms with E-state index in [-0.39, 0.29) is 24.5 Å². The molecule has 0 aliphatic heterocycles. The number of phenols is 2. The molecule has 0 saturated heterocycles. The second-order valence-corrected chi connectivity index (χ2v) is 8.96. The molecule has 2 aromatic rings. The lowest BCUT2D eigenvalue weighted by Gasteiger charge is -2.23. The highest BCUT2D eigenvalue weighted by Gasteiger charge is 2.32. The van der Waals surface area contributed by atoms with Crippen molar-refractivity contribution in [1.29, 1.82) is 0 Å². The van der Waals surface area contributed by atoms with E-state index in [0.29, 0.717) is 5.56 Å². The molecule has 218 valence electrons. The third-order valence-electron chi connectivity index (χ3n) is 5.60. The zero-order chi connectivity index (χ0) is 30.6. The van der Waals surface area contributed by atoms with E-state index in [1.165, 1.54) is 25.8 Å². The summed E-state index contributed by atoms with van der Waals surface area (Å²) in [5, 5.41) is 52.5. The summed E-state index contributed by atoms with van der Waals surface area (Å²) in [5.41, 5.74) is 2.65. The number of benzene rings is 2. The number of carbonyl (C=O) groups excluding carboxylic acids is 3. The summed E-state index contributed by atoms with van der Waals surface area (Å²) in [4.78, 5) is 36.0. The van der Waals surface area contributed by atoms with Gasteiger partial charge in [0.05, 0.1) is 13.2 Å². The molecule has 12 nitrogen and oxygen atoms in total. The number of ether oxygens (including phenoxy) is 2. The smallest absolute Gasteiger partial charge is 0.374 e. The number of esters is 2. The molecule has 7 N–H and O–H groups in total. The van der Waals surface area contributed by atoms with Gasteiger partial charge >= 0.3 is 26.0 Å². The predicted molar refractivity (Wildman–Crippen MR) is 150 cm³/mol. The van der Waals surface area contributed by atoms with Crippen LogP contribution in [0.2, 0.25) is 13.6 Å². The van der Waals surface area contributed by atoms with Crippen molar-refractivity contribution in [2.45, 2.75) is 59.5 Å². The molecule has 0 aliphatic carbocycles. The number of carbonyl (C=O) groups is 3. The van der Waals surface area contributed by atoms with E-state index >= 15 is 0 Å². The first-order valence-electron chi connectivity index (χ1n) is 12.8. The molecule has 2 aromatic carbocycles. The maximum absolute atomic E-state index is 12.4. The van der Waals surface area contributed by atoms with Crippen LogP contribution in [0.4, 0.5) is 0 Å². The van der Waals surface area contributed by atoms with Crippen LogP contribution < -0.4 is 10.5 Å². The lowest BCUT2D eigenvalue weighted by Crippen LogP contribution is -2.50. The fourth-order valence-corrected chi connectivity index (χ4v) is 3.48. The molecule has 0 unspecified atom stereocenters. The van der Waals surface area contributed by atoms with Crippen molar-refractivity contribution < 1.29 is 49.2 Å². The minimum Gasteiger partial charge on any atom is -0.504 e. The summed E-state index contributed by atoms with van der Waals surface area (Å²) in [5.74, 6) is -2.57. The number of aryl methyl sites for hydroxylation is 2. The van der Waals surface area contributed by atoms with E-state index in [4.69, 9.17) is 9.47 Å². The van der Waals surface area contributed by atoms with Gasteiger partial charge in [-0.2, -0.15) is 0 Å². The van der Waals surface area contributed by atoms with Gasteiger partial charge in [-0.3, -0.25) is 9.59 Å². The first-order valence-corrected chi connectivity index (χ1v) is 12.8. The first kappa shape index (κ1) is 34.6. The Morgan fingerprint density at radius 1 is 0.825 bits per heavy atom. The summed E-state index contributed by atoms with van der Waals surface area (Å²) in [6.07, 6.45) is -1.35. The van der Waals surface area contributed by atoms with Crippen LogP contribution in [0, 0.1) is 13.8 Å². The second kappa shape index (κ2) is 16.6. The number of rotatable bonds is 12. The van der Waals surface area contributed by atoms with Crippen LogP contribution in [0.25, 0.3) is 0 Å². The Balaban J connectivity index is 0.000000400. The SMILES string of the molecule is CCOC(=O)[C@@H](NB(C)O)C(=O)c1ccc(C)c(C)c1.CCOC(=O)[C@@H](NB(C)O)[C@H](O)c1ccc(O)c(O)c1. The third-order valence-corrected chi connectivity index (χ3v) is 5.60. The van der Waals surface area contributed by atoms with Crippen LogP contribution in [0.1, 0.15) is 47.0 Å². The lowest BCUT2D eigenvalue weighted by atomic mass is 9.85.